The molecular weight excluding hydrogens is 494 g/mol. The summed E-state index contributed by atoms with van der Waals surface area (Å²) < 4.78 is 11.9. The van der Waals surface area contributed by atoms with E-state index in [9.17, 15) is 30.0 Å². The van der Waals surface area contributed by atoms with Crippen molar-refractivity contribution in [3.05, 3.63) is 64.3 Å². The Hall–Kier alpha value is -2.99. The average molecular weight is 522 g/mol. The maximum atomic E-state index is 13.3. The highest BCUT2D eigenvalue weighted by Gasteiger charge is 2.31. The molecule has 0 radical (unpaired) electrons. The van der Waals surface area contributed by atoms with Gasteiger partial charge in [-0.25, -0.2) is 0 Å². The molecule has 10 nitrogen and oxygen atoms in total. The van der Waals surface area contributed by atoms with Gasteiger partial charge in [-0.05, 0) is 55.0 Å². The molecule has 3 aromatic rings. The van der Waals surface area contributed by atoms with E-state index < -0.39 is 43.6 Å². The van der Waals surface area contributed by atoms with Gasteiger partial charge >= 0.3 is 5.97 Å². The molecule has 5 N–H and O–H groups in total. The second kappa shape index (κ2) is 11.8. The smallest absolute Gasteiger partial charge is 0.310 e. The summed E-state index contributed by atoms with van der Waals surface area (Å²) in [5.41, 5.74) is 1.94. The highest BCUT2D eigenvalue weighted by Crippen LogP contribution is 2.31. The summed E-state index contributed by atoms with van der Waals surface area (Å²) in [6.07, 6.45) is -7.34. The van der Waals surface area contributed by atoms with Gasteiger partial charge < -0.3 is 35.0 Å². The normalized spacial score (nSPS) is 14.8. The van der Waals surface area contributed by atoms with Crippen molar-refractivity contribution in [3.8, 4) is 5.75 Å². The van der Waals surface area contributed by atoms with Crippen LogP contribution in [0.3, 0.4) is 0 Å². The number of carbonyl (C=O) groups excluding carboxylic acids is 2. The summed E-state index contributed by atoms with van der Waals surface area (Å²) in [5.74, 6) is -0.570. The van der Waals surface area contributed by atoms with E-state index >= 15 is 0 Å². The maximum absolute atomic E-state index is 13.3. The predicted molar refractivity (Wildman–Crippen MR) is 130 cm³/mol. The average Bonchev–Trinajstić information content (AvgIpc) is 3.15. The van der Waals surface area contributed by atoms with E-state index in [0.29, 0.717) is 38.5 Å². The summed E-state index contributed by atoms with van der Waals surface area (Å²) in [4.78, 5) is 26.0. The Kier molecular flexibility index (Phi) is 9.07. The third-order valence-electron chi connectivity index (χ3n) is 5.90. The fourth-order valence-corrected chi connectivity index (χ4v) is 3.96. The number of aromatic nitrogens is 1. The van der Waals surface area contributed by atoms with Crippen LogP contribution in [0.4, 0.5) is 0 Å². The Bertz CT molecular complexity index is 1220. The first kappa shape index (κ1) is 27.6. The molecule has 0 aliphatic carbocycles. The third kappa shape index (κ3) is 5.86. The lowest BCUT2D eigenvalue weighted by atomic mass is 10.0. The minimum absolute atomic E-state index is 0.263. The van der Waals surface area contributed by atoms with E-state index in [2.05, 4.69) is 0 Å². The summed E-state index contributed by atoms with van der Waals surface area (Å²) in [6.45, 7) is 0.195. The molecule has 0 spiro atoms. The summed E-state index contributed by atoms with van der Waals surface area (Å²) in [6, 6.07) is 11.5. The number of halogens is 1. The van der Waals surface area contributed by atoms with Crippen molar-refractivity contribution in [1.82, 2.24) is 4.57 Å². The molecule has 0 saturated carbocycles. The Morgan fingerprint density at radius 1 is 1.00 bits per heavy atom. The Balaban J connectivity index is 1.86. The van der Waals surface area contributed by atoms with E-state index in [1.165, 1.54) is 11.7 Å². The third-order valence-corrected chi connectivity index (χ3v) is 6.15. The first-order valence-electron chi connectivity index (χ1n) is 11.1. The zero-order chi connectivity index (χ0) is 26.6. The van der Waals surface area contributed by atoms with Gasteiger partial charge in [-0.3, -0.25) is 14.2 Å². The number of aliphatic hydroxyl groups excluding tert-OH is 5. The lowest BCUT2D eigenvalue weighted by molar-refractivity contribution is -0.155. The number of nitrogens with zero attached hydrogens (tertiary/aromatic N) is 1. The molecule has 0 saturated heterocycles. The van der Waals surface area contributed by atoms with Gasteiger partial charge in [0, 0.05) is 21.7 Å². The SMILES string of the molecule is COc1ccc2c(c1)c(CC(=O)OC[C@@H](O)[C@@H](O)[C@H](O)[C@@H](O)CO)c(C)n2C(=O)c1ccc(Cl)cc1. The van der Waals surface area contributed by atoms with Crippen LogP contribution < -0.4 is 4.74 Å². The number of esters is 1. The fourth-order valence-electron chi connectivity index (χ4n) is 3.83. The minimum atomic E-state index is -1.86. The lowest BCUT2D eigenvalue weighted by Crippen LogP contribution is -2.47. The molecule has 1 heterocycles. The molecule has 194 valence electrons. The second-order valence-electron chi connectivity index (χ2n) is 8.25. The molecule has 0 fully saturated rings. The van der Waals surface area contributed by atoms with Gasteiger partial charge in [-0.15, -0.1) is 0 Å². The number of fused-ring (bicyclic) bond motifs is 1. The first-order chi connectivity index (χ1) is 17.1. The topological polar surface area (TPSA) is 159 Å². The molecule has 0 amide bonds. The van der Waals surface area contributed by atoms with Gasteiger partial charge in [0.2, 0.25) is 0 Å². The molecule has 3 rings (SSSR count). The van der Waals surface area contributed by atoms with E-state index in [0.717, 1.165) is 0 Å². The molecule has 0 unspecified atom stereocenters. The van der Waals surface area contributed by atoms with E-state index in [-0.39, 0.29) is 12.3 Å². The minimum Gasteiger partial charge on any atom is -0.497 e. The van der Waals surface area contributed by atoms with Crippen LogP contribution >= 0.6 is 11.6 Å². The van der Waals surface area contributed by atoms with Gasteiger partial charge in [0.05, 0.1) is 25.7 Å². The number of ether oxygens (including phenoxy) is 2. The second-order valence-corrected chi connectivity index (χ2v) is 8.69. The summed E-state index contributed by atoms with van der Waals surface area (Å²) in [7, 11) is 1.49. The number of carbonyl (C=O) groups is 2. The van der Waals surface area contributed by atoms with Gasteiger partial charge in [0.1, 0.15) is 36.8 Å². The lowest BCUT2D eigenvalue weighted by Gasteiger charge is -2.25. The van der Waals surface area contributed by atoms with Crippen molar-refractivity contribution in [2.75, 3.05) is 20.3 Å². The molecular formula is C25H28ClNO9. The van der Waals surface area contributed by atoms with Crippen molar-refractivity contribution in [2.24, 2.45) is 0 Å². The van der Waals surface area contributed by atoms with Crippen LogP contribution in [0.25, 0.3) is 10.9 Å². The summed E-state index contributed by atoms with van der Waals surface area (Å²) >= 11 is 5.94. The van der Waals surface area contributed by atoms with Crippen molar-refractivity contribution < 1.29 is 44.6 Å². The Labute approximate surface area is 211 Å². The monoisotopic (exact) mass is 521 g/mol. The molecule has 1 aromatic heterocycles. The van der Waals surface area contributed by atoms with E-state index in [1.807, 2.05) is 0 Å². The first-order valence-corrected chi connectivity index (χ1v) is 11.4. The number of benzene rings is 2. The molecule has 4 atom stereocenters. The molecule has 0 bridgehead atoms. The quantitative estimate of drug-likeness (QED) is 0.243. The number of aliphatic hydroxyl groups is 5. The van der Waals surface area contributed by atoms with Crippen molar-refractivity contribution in [3.63, 3.8) is 0 Å². The number of hydrogen-bond donors (Lipinski definition) is 5. The Morgan fingerprint density at radius 2 is 1.64 bits per heavy atom. The number of hydrogen-bond acceptors (Lipinski definition) is 9. The zero-order valence-electron chi connectivity index (χ0n) is 19.7. The summed E-state index contributed by atoms with van der Waals surface area (Å²) in [5, 5.41) is 49.0. The van der Waals surface area contributed by atoms with Crippen LogP contribution in [0.1, 0.15) is 21.6 Å². The van der Waals surface area contributed by atoms with Gasteiger partial charge in [-0.2, -0.15) is 0 Å². The number of methoxy groups -OCH3 is 1. The molecule has 0 aliphatic heterocycles. The van der Waals surface area contributed by atoms with Crippen molar-refractivity contribution in [1.29, 1.82) is 0 Å². The van der Waals surface area contributed by atoms with Crippen molar-refractivity contribution >= 4 is 34.4 Å². The van der Waals surface area contributed by atoms with Crippen molar-refractivity contribution in [2.45, 2.75) is 37.8 Å². The van der Waals surface area contributed by atoms with Gasteiger partial charge in [-0.1, -0.05) is 11.6 Å². The molecule has 0 aliphatic rings. The van der Waals surface area contributed by atoms with Crippen LogP contribution in [-0.4, -0.2) is 86.7 Å². The van der Waals surface area contributed by atoms with Crippen LogP contribution in [0.15, 0.2) is 42.5 Å². The van der Waals surface area contributed by atoms with Crippen LogP contribution in [0.5, 0.6) is 5.75 Å². The van der Waals surface area contributed by atoms with Crippen LogP contribution in [0.2, 0.25) is 5.02 Å². The zero-order valence-corrected chi connectivity index (χ0v) is 20.4. The van der Waals surface area contributed by atoms with Crippen LogP contribution in [0, 0.1) is 6.92 Å². The molecule has 36 heavy (non-hydrogen) atoms. The molecule has 2 aromatic carbocycles. The number of rotatable bonds is 10. The maximum Gasteiger partial charge on any atom is 0.310 e. The van der Waals surface area contributed by atoms with E-state index in [4.69, 9.17) is 26.2 Å². The molecule has 11 heteroatoms. The fraction of sp³-hybridized carbons (Fsp3) is 0.360. The predicted octanol–water partition coefficient (Wildman–Crippen LogP) is 0.822. The largest absolute Gasteiger partial charge is 0.497 e. The standard InChI is InChI=1S/C25H28ClNO9/c1-13-17(10-22(31)36-12-21(30)24(33)23(32)20(29)11-28)18-9-16(35-2)7-8-19(18)27(13)25(34)14-3-5-15(26)6-4-14/h3-9,20-21,23-24,28-30,32-33H,10-12H2,1-2H3/t20-,21+,23+,24+/m0/s1. The highest BCUT2D eigenvalue weighted by molar-refractivity contribution is 6.30. The Morgan fingerprint density at radius 3 is 2.25 bits per heavy atom. The van der Waals surface area contributed by atoms with Crippen LogP contribution in [-0.2, 0) is 16.0 Å². The van der Waals surface area contributed by atoms with E-state index in [1.54, 1.807) is 49.4 Å². The van der Waals surface area contributed by atoms with Gasteiger partial charge in [0.15, 0.2) is 0 Å². The van der Waals surface area contributed by atoms with Gasteiger partial charge in [0.25, 0.3) is 5.91 Å². The highest BCUT2D eigenvalue weighted by atomic mass is 35.5.